The molecule has 0 atom stereocenters. The highest BCUT2D eigenvalue weighted by Crippen LogP contribution is 2.09. The van der Waals surface area contributed by atoms with Gasteiger partial charge in [-0.2, -0.15) is 0 Å². The summed E-state index contributed by atoms with van der Waals surface area (Å²) in [4.78, 5) is 8.83. The van der Waals surface area contributed by atoms with E-state index in [2.05, 4.69) is 39.0 Å². The fraction of sp³-hybridized carbons (Fsp3) is 0.429. The first-order valence-corrected chi connectivity index (χ1v) is 6.47. The van der Waals surface area contributed by atoms with Gasteiger partial charge in [-0.1, -0.05) is 13.0 Å². The largest absolute Gasteiger partial charge is 0.356 e. The lowest BCUT2D eigenvalue weighted by molar-refractivity contribution is 0.687. The van der Waals surface area contributed by atoms with Crippen LogP contribution in [0.2, 0.25) is 0 Å². The van der Waals surface area contributed by atoms with Gasteiger partial charge in [0, 0.05) is 37.6 Å². The fourth-order valence-electron chi connectivity index (χ4n) is 1.88. The molecule has 0 aliphatic carbocycles. The molecule has 0 bridgehead atoms. The third kappa shape index (κ3) is 3.32. The second-order valence-electron chi connectivity index (χ2n) is 4.40. The van der Waals surface area contributed by atoms with Gasteiger partial charge in [-0.3, -0.25) is 4.98 Å². The van der Waals surface area contributed by atoms with E-state index in [-0.39, 0.29) is 0 Å². The highest BCUT2D eigenvalue weighted by atomic mass is 15.2. The molecule has 4 nitrogen and oxygen atoms in total. The van der Waals surface area contributed by atoms with Crippen LogP contribution in [0.3, 0.4) is 0 Å². The van der Waals surface area contributed by atoms with Crippen LogP contribution in [0.15, 0.2) is 30.6 Å². The standard InChI is InChI=1S/C14H20N4/c1-3-8-16-14-17-12(2)11-18(14)10-7-13-6-4-5-9-15-13/h4-6,9,11H,3,7-8,10H2,1-2H3,(H,16,17). The summed E-state index contributed by atoms with van der Waals surface area (Å²) in [6.45, 7) is 6.04. The van der Waals surface area contributed by atoms with Crippen molar-refractivity contribution in [2.75, 3.05) is 11.9 Å². The Balaban J connectivity index is 2.00. The molecule has 2 rings (SSSR count). The number of imidazole rings is 1. The Bertz CT molecular complexity index is 476. The number of nitrogens with one attached hydrogen (secondary N) is 1. The molecule has 18 heavy (non-hydrogen) atoms. The second-order valence-corrected chi connectivity index (χ2v) is 4.40. The van der Waals surface area contributed by atoms with E-state index >= 15 is 0 Å². The smallest absolute Gasteiger partial charge is 0.203 e. The van der Waals surface area contributed by atoms with Gasteiger partial charge in [-0.15, -0.1) is 0 Å². The van der Waals surface area contributed by atoms with Crippen molar-refractivity contribution in [3.8, 4) is 0 Å². The van der Waals surface area contributed by atoms with E-state index in [9.17, 15) is 0 Å². The van der Waals surface area contributed by atoms with Gasteiger partial charge < -0.3 is 9.88 Å². The number of pyridine rings is 1. The maximum Gasteiger partial charge on any atom is 0.203 e. The number of aromatic nitrogens is 3. The molecule has 0 unspecified atom stereocenters. The minimum absolute atomic E-state index is 0.907. The van der Waals surface area contributed by atoms with Gasteiger partial charge in [0.15, 0.2) is 0 Å². The van der Waals surface area contributed by atoms with Crippen molar-refractivity contribution in [3.63, 3.8) is 0 Å². The average molecular weight is 244 g/mol. The highest BCUT2D eigenvalue weighted by Gasteiger charge is 2.04. The minimum Gasteiger partial charge on any atom is -0.356 e. The summed E-state index contributed by atoms with van der Waals surface area (Å²) < 4.78 is 2.17. The zero-order valence-corrected chi connectivity index (χ0v) is 11.1. The molecule has 0 radical (unpaired) electrons. The van der Waals surface area contributed by atoms with E-state index < -0.39 is 0 Å². The first kappa shape index (κ1) is 12.6. The summed E-state index contributed by atoms with van der Waals surface area (Å²) in [6.07, 6.45) is 5.95. The van der Waals surface area contributed by atoms with Crippen LogP contribution < -0.4 is 5.32 Å². The normalized spacial score (nSPS) is 10.6. The Kier molecular flexibility index (Phi) is 4.34. The average Bonchev–Trinajstić information content (AvgIpc) is 2.75. The summed E-state index contributed by atoms with van der Waals surface area (Å²) in [5.74, 6) is 0.963. The molecule has 0 aliphatic rings. The first-order chi connectivity index (χ1) is 8.79. The van der Waals surface area contributed by atoms with E-state index in [4.69, 9.17) is 0 Å². The highest BCUT2D eigenvalue weighted by molar-refractivity contribution is 5.28. The van der Waals surface area contributed by atoms with Crippen LogP contribution in [-0.4, -0.2) is 21.1 Å². The van der Waals surface area contributed by atoms with Gasteiger partial charge in [0.2, 0.25) is 5.95 Å². The zero-order valence-electron chi connectivity index (χ0n) is 11.1. The lowest BCUT2D eigenvalue weighted by atomic mass is 10.3. The molecule has 96 valence electrons. The van der Waals surface area contributed by atoms with E-state index in [1.165, 1.54) is 0 Å². The van der Waals surface area contributed by atoms with Gasteiger partial charge in [0.25, 0.3) is 0 Å². The molecule has 2 aromatic rings. The summed E-state index contributed by atoms with van der Waals surface area (Å²) in [6, 6.07) is 6.03. The van der Waals surface area contributed by atoms with E-state index in [1.54, 1.807) is 0 Å². The topological polar surface area (TPSA) is 42.7 Å². The SMILES string of the molecule is CCCNc1nc(C)cn1CCc1ccccn1. The van der Waals surface area contributed by atoms with Crippen LogP contribution in [0.5, 0.6) is 0 Å². The van der Waals surface area contributed by atoms with Gasteiger partial charge in [-0.05, 0) is 25.5 Å². The third-order valence-electron chi connectivity index (χ3n) is 2.77. The fourth-order valence-corrected chi connectivity index (χ4v) is 1.88. The van der Waals surface area contributed by atoms with Crippen molar-refractivity contribution in [1.29, 1.82) is 0 Å². The van der Waals surface area contributed by atoms with E-state index in [1.807, 2.05) is 25.3 Å². The number of rotatable bonds is 6. The molecule has 2 aromatic heterocycles. The minimum atomic E-state index is 0.907. The Labute approximate surface area is 108 Å². The third-order valence-corrected chi connectivity index (χ3v) is 2.77. The second kappa shape index (κ2) is 6.19. The number of anilines is 1. The molecule has 2 heterocycles. The van der Waals surface area contributed by atoms with Crippen LogP contribution in [0, 0.1) is 6.92 Å². The van der Waals surface area contributed by atoms with Crippen LogP contribution in [-0.2, 0) is 13.0 Å². The predicted molar refractivity (Wildman–Crippen MR) is 73.7 cm³/mol. The molecular formula is C14H20N4. The van der Waals surface area contributed by atoms with Gasteiger partial charge >= 0.3 is 0 Å². The summed E-state index contributed by atoms with van der Waals surface area (Å²) in [5.41, 5.74) is 2.17. The number of aryl methyl sites for hydroxylation is 3. The lowest BCUT2D eigenvalue weighted by Crippen LogP contribution is -2.09. The van der Waals surface area contributed by atoms with E-state index in [0.29, 0.717) is 0 Å². The molecule has 0 saturated carbocycles. The zero-order chi connectivity index (χ0) is 12.8. The van der Waals surface area contributed by atoms with Crippen LogP contribution in [0.1, 0.15) is 24.7 Å². The maximum atomic E-state index is 4.49. The monoisotopic (exact) mass is 244 g/mol. The van der Waals surface area contributed by atoms with Crippen molar-refractivity contribution in [2.24, 2.45) is 0 Å². The Hall–Kier alpha value is -1.84. The van der Waals surface area contributed by atoms with Crippen molar-refractivity contribution < 1.29 is 0 Å². The molecule has 0 spiro atoms. The molecule has 4 heteroatoms. The van der Waals surface area contributed by atoms with E-state index in [0.717, 1.165) is 43.3 Å². The summed E-state index contributed by atoms with van der Waals surface area (Å²) >= 11 is 0. The first-order valence-electron chi connectivity index (χ1n) is 6.47. The Morgan fingerprint density at radius 2 is 2.22 bits per heavy atom. The Morgan fingerprint density at radius 3 is 2.94 bits per heavy atom. The summed E-state index contributed by atoms with van der Waals surface area (Å²) in [7, 11) is 0. The molecule has 0 aromatic carbocycles. The van der Waals surface area contributed by atoms with Crippen molar-refractivity contribution in [3.05, 3.63) is 42.0 Å². The van der Waals surface area contributed by atoms with Gasteiger partial charge in [-0.25, -0.2) is 4.98 Å². The van der Waals surface area contributed by atoms with Crippen LogP contribution >= 0.6 is 0 Å². The van der Waals surface area contributed by atoms with Crippen molar-refractivity contribution in [1.82, 2.24) is 14.5 Å². The van der Waals surface area contributed by atoms with Gasteiger partial charge in [0.05, 0.1) is 5.69 Å². The van der Waals surface area contributed by atoms with Gasteiger partial charge in [0.1, 0.15) is 0 Å². The Morgan fingerprint density at radius 1 is 1.33 bits per heavy atom. The van der Waals surface area contributed by atoms with Crippen molar-refractivity contribution in [2.45, 2.75) is 33.2 Å². The molecule has 0 fully saturated rings. The quantitative estimate of drug-likeness (QED) is 0.849. The predicted octanol–water partition coefficient (Wildman–Crippen LogP) is 2.65. The number of hydrogen-bond donors (Lipinski definition) is 1. The molecular weight excluding hydrogens is 224 g/mol. The summed E-state index contributed by atoms with van der Waals surface area (Å²) in [5, 5.41) is 3.35. The van der Waals surface area contributed by atoms with Crippen LogP contribution in [0.25, 0.3) is 0 Å². The molecule has 0 amide bonds. The van der Waals surface area contributed by atoms with Crippen molar-refractivity contribution >= 4 is 5.95 Å². The lowest BCUT2D eigenvalue weighted by Gasteiger charge is -2.08. The molecule has 0 saturated heterocycles. The maximum absolute atomic E-state index is 4.49. The van der Waals surface area contributed by atoms with Crippen LogP contribution in [0.4, 0.5) is 5.95 Å². The number of nitrogens with zero attached hydrogens (tertiary/aromatic N) is 3. The molecule has 0 aliphatic heterocycles. The number of hydrogen-bond acceptors (Lipinski definition) is 3. The molecule has 1 N–H and O–H groups in total.